The van der Waals surface area contributed by atoms with Crippen molar-refractivity contribution in [3.05, 3.63) is 53.8 Å². The summed E-state index contributed by atoms with van der Waals surface area (Å²) in [5, 5.41) is 2.89. The SMILES string of the molecule is C=CC1CC(C(=O)Nc2cccc(C)c2)=C(C)O1. The van der Waals surface area contributed by atoms with Crippen LogP contribution in [0.2, 0.25) is 0 Å². The number of nitrogens with one attached hydrogen (secondary N) is 1. The third-order valence-electron chi connectivity index (χ3n) is 2.97. The number of hydrogen-bond donors (Lipinski definition) is 1. The van der Waals surface area contributed by atoms with Gasteiger partial charge in [-0.2, -0.15) is 0 Å². The average Bonchev–Trinajstić information content (AvgIpc) is 2.70. The van der Waals surface area contributed by atoms with Crippen molar-refractivity contribution >= 4 is 11.6 Å². The molecule has 1 aromatic carbocycles. The topological polar surface area (TPSA) is 38.3 Å². The Morgan fingerprint density at radius 2 is 2.28 bits per heavy atom. The summed E-state index contributed by atoms with van der Waals surface area (Å²) in [5.74, 6) is 0.590. The fourth-order valence-electron chi connectivity index (χ4n) is 2.00. The van der Waals surface area contributed by atoms with Crippen molar-refractivity contribution in [2.45, 2.75) is 26.4 Å². The lowest BCUT2D eigenvalue weighted by Gasteiger charge is -2.06. The molecule has 1 atom stereocenters. The van der Waals surface area contributed by atoms with E-state index in [1.165, 1.54) is 0 Å². The number of amides is 1. The standard InChI is InChI=1S/C15H17NO2/c1-4-13-9-14(11(3)18-13)15(17)16-12-7-5-6-10(2)8-12/h4-8,13H,1,9H2,2-3H3,(H,16,17). The molecule has 1 unspecified atom stereocenters. The first-order valence-electron chi connectivity index (χ1n) is 5.97. The van der Waals surface area contributed by atoms with Gasteiger partial charge in [0.15, 0.2) is 0 Å². The summed E-state index contributed by atoms with van der Waals surface area (Å²) in [6.45, 7) is 7.49. The van der Waals surface area contributed by atoms with Crippen molar-refractivity contribution in [1.82, 2.24) is 0 Å². The minimum Gasteiger partial charge on any atom is -0.490 e. The van der Waals surface area contributed by atoms with Crippen LogP contribution in [0.4, 0.5) is 5.69 Å². The minimum absolute atomic E-state index is 0.0803. The first-order valence-corrected chi connectivity index (χ1v) is 5.97. The molecule has 0 bridgehead atoms. The molecule has 1 aromatic rings. The molecule has 1 aliphatic rings. The summed E-state index contributed by atoms with van der Waals surface area (Å²) in [4.78, 5) is 12.1. The molecule has 0 saturated carbocycles. The number of aryl methyl sites for hydroxylation is 1. The van der Waals surface area contributed by atoms with E-state index in [9.17, 15) is 4.79 Å². The highest BCUT2D eigenvalue weighted by molar-refractivity contribution is 6.04. The molecule has 3 heteroatoms. The fourth-order valence-corrected chi connectivity index (χ4v) is 2.00. The maximum atomic E-state index is 12.1. The number of carbonyl (C=O) groups excluding carboxylic acids is 1. The number of anilines is 1. The van der Waals surface area contributed by atoms with Gasteiger partial charge in [-0.3, -0.25) is 4.79 Å². The predicted octanol–water partition coefficient (Wildman–Crippen LogP) is 3.18. The zero-order valence-corrected chi connectivity index (χ0v) is 10.7. The van der Waals surface area contributed by atoms with Crippen molar-refractivity contribution in [2.75, 3.05) is 5.32 Å². The molecule has 0 spiro atoms. The van der Waals surface area contributed by atoms with Crippen LogP contribution in [0, 0.1) is 6.92 Å². The van der Waals surface area contributed by atoms with Crippen LogP contribution in [0.1, 0.15) is 18.9 Å². The Labute approximate surface area is 107 Å². The number of rotatable bonds is 3. The van der Waals surface area contributed by atoms with Gasteiger partial charge >= 0.3 is 0 Å². The normalized spacial score (nSPS) is 18.4. The van der Waals surface area contributed by atoms with Gasteiger partial charge in [0, 0.05) is 12.1 Å². The van der Waals surface area contributed by atoms with Crippen LogP contribution in [0.3, 0.4) is 0 Å². The smallest absolute Gasteiger partial charge is 0.255 e. The van der Waals surface area contributed by atoms with Gasteiger partial charge in [0.1, 0.15) is 11.9 Å². The maximum absolute atomic E-state index is 12.1. The molecule has 1 heterocycles. The molecule has 94 valence electrons. The fraction of sp³-hybridized carbons (Fsp3) is 0.267. The quantitative estimate of drug-likeness (QED) is 0.828. The van der Waals surface area contributed by atoms with E-state index < -0.39 is 0 Å². The van der Waals surface area contributed by atoms with Gasteiger partial charge in [0.25, 0.3) is 5.91 Å². The Bertz CT molecular complexity index is 517. The number of hydrogen-bond acceptors (Lipinski definition) is 2. The lowest BCUT2D eigenvalue weighted by atomic mass is 10.1. The van der Waals surface area contributed by atoms with Crippen LogP contribution >= 0.6 is 0 Å². The monoisotopic (exact) mass is 243 g/mol. The van der Waals surface area contributed by atoms with Gasteiger partial charge in [0.2, 0.25) is 0 Å². The van der Waals surface area contributed by atoms with Crippen LogP contribution in [0.5, 0.6) is 0 Å². The van der Waals surface area contributed by atoms with E-state index in [-0.39, 0.29) is 12.0 Å². The van der Waals surface area contributed by atoms with Gasteiger partial charge in [0.05, 0.1) is 5.57 Å². The largest absolute Gasteiger partial charge is 0.490 e. The van der Waals surface area contributed by atoms with E-state index in [4.69, 9.17) is 4.74 Å². The van der Waals surface area contributed by atoms with E-state index in [1.807, 2.05) is 38.1 Å². The molecule has 0 radical (unpaired) electrons. The second-order valence-electron chi connectivity index (χ2n) is 4.45. The van der Waals surface area contributed by atoms with E-state index in [2.05, 4.69) is 11.9 Å². The van der Waals surface area contributed by atoms with Crippen molar-refractivity contribution in [3.63, 3.8) is 0 Å². The molecule has 0 aromatic heterocycles. The Balaban J connectivity index is 2.09. The first-order chi connectivity index (χ1) is 8.60. The van der Waals surface area contributed by atoms with Crippen molar-refractivity contribution in [1.29, 1.82) is 0 Å². The van der Waals surface area contributed by atoms with Crippen LogP contribution in [0.15, 0.2) is 48.3 Å². The Hall–Kier alpha value is -2.03. The van der Waals surface area contributed by atoms with Crippen molar-refractivity contribution in [2.24, 2.45) is 0 Å². The van der Waals surface area contributed by atoms with E-state index >= 15 is 0 Å². The molecular formula is C15H17NO2. The predicted molar refractivity (Wildman–Crippen MR) is 72.2 cm³/mol. The second-order valence-corrected chi connectivity index (χ2v) is 4.45. The highest BCUT2D eigenvalue weighted by atomic mass is 16.5. The maximum Gasteiger partial charge on any atom is 0.255 e. The van der Waals surface area contributed by atoms with Crippen LogP contribution in [0.25, 0.3) is 0 Å². The lowest BCUT2D eigenvalue weighted by Crippen LogP contribution is -2.15. The van der Waals surface area contributed by atoms with Gasteiger partial charge < -0.3 is 10.1 Å². The summed E-state index contributed by atoms with van der Waals surface area (Å²) in [6.07, 6.45) is 2.23. The molecule has 0 aliphatic carbocycles. The van der Waals surface area contributed by atoms with Gasteiger partial charge in [-0.25, -0.2) is 0 Å². The van der Waals surface area contributed by atoms with E-state index in [0.717, 1.165) is 11.3 Å². The van der Waals surface area contributed by atoms with Gasteiger partial charge in [-0.05, 0) is 31.5 Å². The molecule has 1 N–H and O–H groups in total. The van der Waals surface area contributed by atoms with Crippen LogP contribution < -0.4 is 5.32 Å². The number of carbonyl (C=O) groups is 1. The number of benzene rings is 1. The third kappa shape index (κ3) is 2.62. The Morgan fingerprint density at radius 3 is 2.89 bits per heavy atom. The van der Waals surface area contributed by atoms with E-state index in [1.54, 1.807) is 6.08 Å². The Morgan fingerprint density at radius 1 is 1.50 bits per heavy atom. The van der Waals surface area contributed by atoms with Crippen LogP contribution in [-0.4, -0.2) is 12.0 Å². The van der Waals surface area contributed by atoms with Gasteiger partial charge in [-0.1, -0.05) is 24.8 Å². The third-order valence-corrected chi connectivity index (χ3v) is 2.97. The molecule has 0 fully saturated rings. The summed E-state index contributed by atoms with van der Waals surface area (Å²) in [6, 6.07) is 7.73. The lowest BCUT2D eigenvalue weighted by molar-refractivity contribution is -0.113. The molecule has 1 aliphatic heterocycles. The molecule has 1 amide bonds. The number of ether oxygens (including phenoxy) is 1. The van der Waals surface area contributed by atoms with Crippen LogP contribution in [-0.2, 0) is 9.53 Å². The summed E-state index contributed by atoms with van der Waals surface area (Å²) in [5.41, 5.74) is 2.62. The first kappa shape index (κ1) is 12.4. The molecule has 2 rings (SSSR count). The minimum atomic E-state index is -0.0950. The van der Waals surface area contributed by atoms with Crippen molar-refractivity contribution in [3.8, 4) is 0 Å². The summed E-state index contributed by atoms with van der Waals surface area (Å²) in [7, 11) is 0. The molecule has 18 heavy (non-hydrogen) atoms. The Kier molecular flexibility index (Phi) is 3.51. The highest BCUT2D eigenvalue weighted by Gasteiger charge is 2.25. The van der Waals surface area contributed by atoms with Gasteiger partial charge in [-0.15, -0.1) is 0 Å². The zero-order chi connectivity index (χ0) is 13.1. The molecule has 0 saturated heterocycles. The highest BCUT2D eigenvalue weighted by Crippen LogP contribution is 2.26. The molecular weight excluding hydrogens is 226 g/mol. The summed E-state index contributed by atoms with van der Waals surface area (Å²) < 4.78 is 5.51. The van der Waals surface area contributed by atoms with Crippen molar-refractivity contribution < 1.29 is 9.53 Å². The summed E-state index contributed by atoms with van der Waals surface area (Å²) >= 11 is 0. The van der Waals surface area contributed by atoms with E-state index in [0.29, 0.717) is 17.8 Å². The zero-order valence-electron chi connectivity index (χ0n) is 10.7. The number of allylic oxidation sites excluding steroid dienone is 1. The average molecular weight is 243 g/mol. The molecule has 3 nitrogen and oxygen atoms in total. The second kappa shape index (κ2) is 5.08.